The molecule has 0 saturated carbocycles. The van der Waals surface area contributed by atoms with Crippen molar-refractivity contribution >= 4 is 39.1 Å². The predicted molar refractivity (Wildman–Crippen MR) is 152 cm³/mol. The maximum atomic E-state index is 14.0. The first-order valence-corrected chi connectivity index (χ1v) is 14.3. The molecule has 3 rings (SSSR count). The van der Waals surface area contributed by atoms with Gasteiger partial charge in [-0.1, -0.05) is 72.6 Å². The van der Waals surface area contributed by atoms with Crippen molar-refractivity contribution in [1.29, 1.82) is 0 Å². The van der Waals surface area contributed by atoms with Gasteiger partial charge in [0.2, 0.25) is 11.8 Å². The van der Waals surface area contributed by atoms with Crippen molar-refractivity contribution in [2.24, 2.45) is 0 Å². The molecule has 0 aliphatic heterocycles. The quantitative estimate of drug-likeness (QED) is 0.353. The average molecular weight is 556 g/mol. The highest BCUT2D eigenvalue weighted by molar-refractivity contribution is 7.92. The van der Waals surface area contributed by atoms with Crippen LogP contribution in [0.3, 0.4) is 0 Å². The van der Waals surface area contributed by atoms with Crippen LogP contribution in [0.1, 0.15) is 38.3 Å². The minimum absolute atomic E-state index is 0.0441. The lowest BCUT2D eigenvalue weighted by Gasteiger charge is -2.33. The highest BCUT2D eigenvalue weighted by Gasteiger charge is 2.33. The summed E-state index contributed by atoms with van der Waals surface area (Å²) in [6.45, 7) is 7.13. The van der Waals surface area contributed by atoms with Crippen LogP contribution < -0.4 is 9.62 Å². The zero-order valence-electron chi connectivity index (χ0n) is 22.1. The van der Waals surface area contributed by atoms with Crippen molar-refractivity contribution in [1.82, 2.24) is 10.2 Å². The molecule has 0 saturated heterocycles. The number of halogens is 1. The van der Waals surface area contributed by atoms with Gasteiger partial charge >= 0.3 is 0 Å². The van der Waals surface area contributed by atoms with Crippen LogP contribution in [0.5, 0.6) is 0 Å². The summed E-state index contributed by atoms with van der Waals surface area (Å²) in [5.74, 6) is -0.791. The molecule has 0 fully saturated rings. The van der Waals surface area contributed by atoms with E-state index in [9.17, 15) is 18.0 Å². The molecule has 1 N–H and O–H groups in total. The molecule has 0 bridgehead atoms. The molecule has 0 aliphatic carbocycles. The van der Waals surface area contributed by atoms with Crippen LogP contribution in [0, 0.1) is 6.92 Å². The number of benzene rings is 3. The van der Waals surface area contributed by atoms with Gasteiger partial charge in [-0.15, -0.1) is 0 Å². The van der Waals surface area contributed by atoms with Gasteiger partial charge in [-0.25, -0.2) is 8.42 Å². The molecule has 1 atom stereocenters. The topological polar surface area (TPSA) is 86.8 Å². The maximum Gasteiger partial charge on any atom is 0.264 e. The zero-order chi connectivity index (χ0) is 27.9. The Hall–Kier alpha value is -3.36. The third-order valence-electron chi connectivity index (χ3n) is 5.96. The van der Waals surface area contributed by atoms with E-state index in [1.54, 1.807) is 36.4 Å². The molecule has 0 aromatic heterocycles. The van der Waals surface area contributed by atoms with E-state index < -0.39 is 28.5 Å². The van der Waals surface area contributed by atoms with Crippen LogP contribution in [0.15, 0.2) is 83.8 Å². The summed E-state index contributed by atoms with van der Waals surface area (Å²) in [6.07, 6.45) is 0.360. The lowest BCUT2D eigenvalue weighted by molar-refractivity contribution is -0.140. The lowest BCUT2D eigenvalue weighted by Crippen LogP contribution is -2.53. The Labute approximate surface area is 230 Å². The minimum atomic E-state index is -4.12. The number of anilines is 1. The first-order chi connectivity index (χ1) is 18.0. The molecule has 0 radical (unpaired) electrons. The molecular weight excluding hydrogens is 522 g/mol. The molecule has 3 aromatic carbocycles. The van der Waals surface area contributed by atoms with Gasteiger partial charge < -0.3 is 10.2 Å². The van der Waals surface area contributed by atoms with Gasteiger partial charge in [-0.3, -0.25) is 13.9 Å². The van der Waals surface area contributed by atoms with Crippen LogP contribution in [-0.2, 0) is 26.2 Å². The molecule has 38 heavy (non-hydrogen) atoms. The summed E-state index contributed by atoms with van der Waals surface area (Å²) in [4.78, 5) is 28.6. The molecule has 3 aromatic rings. The van der Waals surface area contributed by atoms with Gasteiger partial charge in [-0.2, -0.15) is 0 Å². The smallest absolute Gasteiger partial charge is 0.264 e. The monoisotopic (exact) mass is 555 g/mol. The number of hydrogen-bond donors (Lipinski definition) is 1. The Morgan fingerprint density at radius 1 is 0.947 bits per heavy atom. The number of carbonyl (C=O) groups is 2. The summed E-state index contributed by atoms with van der Waals surface area (Å²) in [5.41, 5.74) is 2.11. The number of aryl methyl sites for hydroxylation is 1. The Morgan fingerprint density at radius 2 is 1.63 bits per heavy atom. The fourth-order valence-electron chi connectivity index (χ4n) is 4.19. The van der Waals surface area contributed by atoms with Crippen LogP contribution in [0.4, 0.5) is 5.69 Å². The van der Waals surface area contributed by atoms with E-state index in [1.165, 1.54) is 23.1 Å². The lowest BCUT2D eigenvalue weighted by atomic mass is 10.1. The van der Waals surface area contributed by atoms with Gasteiger partial charge in [0, 0.05) is 17.6 Å². The van der Waals surface area contributed by atoms with E-state index in [-0.39, 0.29) is 29.1 Å². The van der Waals surface area contributed by atoms with E-state index in [0.717, 1.165) is 15.4 Å². The zero-order valence-corrected chi connectivity index (χ0v) is 23.7. The fraction of sp³-hybridized carbons (Fsp3) is 0.310. The SMILES string of the molecule is CC[C@H](C(=O)NC(C)C)N(Cc1cccc(C)c1)C(=O)CN(c1cccc(Cl)c1)S(=O)(=O)c1ccccc1. The third kappa shape index (κ3) is 7.36. The molecule has 2 amide bonds. The van der Waals surface area contributed by atoms with E-state index in [1.807, 2.05) is 52.0 Å². The van der Waals surface area contributed by atoms with Gasteiger partial charge in [0.25, 0.3) is 10.0 Å². The van der Waals surface area contributed by atoms with Crippen molar-refractivity contribution in [3.63, 3.8) is 0 Å². The Bertz CT molecular complexity index is 1360. The fourth-order valence-corrected chi connectivity index (χ4v) is 5.80. The summed E-state index contributed by atoms with van der Waals surface area (Å²) in [7, 11) is -4.12. The number of carbonyl (C=O) groups excluding carboxylic acids is 2. The first kappa shape index (κ1) is 29.2. The number of sulfonamides is 1. The van der Waals surface area contributed by atoms with E-state index in [4.69, 9.17) is 11.6 Å². The molecule has 9 heteroatoms. The number of nitrogens with one attached hydrogen (secondary N) is 1. The largest absolute Gasteiger partial charge is 0.352 e. The van der Waals surface area contributed by atoms with Gasteiger partial charge in [0.15, 0.2) is 0 Å². The summed E-state index contributed by atoms with van der Waals surface area (Å²) < 4.78 is 28.6. The molecular formula is C29H34ClN3O4S. The van der Waals surface area contributed by atoms with Gasteiger partial charge in [-0.05, 0) is 63.1 Å². The van der Waals surface area contributed by atoms with Crippen molar-refractivity contribution in [3.05, 3.63) is 95.0 Å². The standard InChI is InChI=1S/C29H34ClN3O4S/c1-5-27(29(35)31-21(2)3)32(19-23-12-9-11-22(4)17-23)28(34)20-33(25-14-10-13-24(30)18-25)38(36,37)26-15-7-6-8-16-26/h6-18,21,27H,5,19-20H2,1-4H3,(H,31,35)/t27-/m1/s1. The van der Waals surface area contributed by atoms with Crippen LogP contribution in [0.25, 0.3) is 0 Å². The van der Waals surface area contributed by atoms with Crippen LogP contribution >= 0.6 is 11.6 Å². The molecule has 0 spiro atoms. The van der Waals surface area contributed by atoms with E-state index >= 15 is 0 Å². The van der Waals surface area contributed by atoms with Gasteiger partial charge in [0.1, 0.15) is 12.6 Å². The number of rotatable bonds is 11. The van der Waals surface area contributed by atoms with E-state index in [2.05, 4.69) is 5.32 Å². The summed E-state index contributed by atoms with van der Waals surface area (Å²) in [6, 6.07) is 21.0. The Balaban J connectivity index is 2.06. The van der Waals surface area contributed by atoms with Crippen LogP contribution in [0.2, 0.25) is 5.02 Å². The van der Waals surface area contributed by atoms with Crippen molar-refractivity contribution in [2.45, 2.75) is 57.6 Å². The van der Waals surface area contributed by atoms with Crippen molar-refractivity contribution < 1.29 is 18.0 Å². The van der Waals surface area contributed by atoms with E-state index in [0.29, 0.717) is 11.4 Å². The Morgan fingerprint density at radius 3 is 2.24 bits per heavy atom. The molecule has 0 unspecified atom stereocenters. The van der Waals surface area contributed by atoms with Crippen molar-refractivity contribution in [3.8, 4) is 0 Å². The second-order valence-corrected chi connectivity index (χ2v) is 11.7. The number of nitrogens with zero attached hydrogens (tertiary/aromatic N) is 2. The number of hydrogen-bond acceptors (Lipinski definition) is 4. The normalized spacial score (nSPS) is 12.2. The third-order valence-corrected chi connectivity index (χ3v) is 7.98. The molecule has 7 nitrogen and oxygen atoms in total. The predicted octanol–water partition coefficient (Wildman–Crippen LogP) is 5.18. The summed E-state index contributed by atoms with van der Waals surface area (Å²) >= 11 is 6.20. The molecule has 202 valence electrons. The second kappa shape index (κ2) is 12.9. The maximum absolute atomic E-state index is 14.0. The summed E-state index contributed by atoms with van der Waals surface area (Å²) in [5, 5.41) is 3.23. The number of amides is 2. The average Bonchev–Trinajstić information content (AvgIpc) is 2.87. The first-order valence-electron chi connectivity index (χ1n) is 12.5. The second-order valence-electron chi connectivity index (χ2n) is 9.40. The highest BCUT2D eigenvalue weighted by Crippen LogP contribution is 2.27. The van der Waals surface area contributed by atoms with Crippen LogP contribution in [-0.4, -0.2) is 43.8 Å². The van der Waals surface area contributed by atoms with Crippen molar-refractivity contribution in [2.75, 3.05) is 10.8 Å². The highest BCUT2D eigenvalue weighted by atomic mass is 35.5. The minimum Gasteiger partial charge on any atom is -0.352 e. The Kier molecular flexibility index (Phi) is 9.94. The molecule has 0 aliphatic rings. The molecule has 0 heterocycles. The van der Waals surface area contributed by atoms with Gasteiger partial charge in [0.05, 0.1) is 10.6 Å².